The second-order valence-electron chi connectivity index (χ2n) is 6.53. The Morgan fingerprint density at radius 3 is 2.45 bits per heavy atom. The minimum Gasteiger partial charge on any atom is -0.312 e. The molecular weight excluding hydrogens is 244 g/mol. The van der Waals surface area contributed by atoms with E-state index in [-0.39, 0.29) is 0 Å². The molecule has 1 N–H and O–H groups in total. The first-order valence-corrected chi connectivity index (χ1v) is 8.03. The van der Waals surface area contributed by atoms with Crippen molar-refractivity contribution >= 4 is 0 Å². The average Bonchev–Trinajstić information content (AvgIpc) is 2.42. The van der Waals surface area contributed by atoms with Crippen LogP contribution in [0.1, 0.15) is 55.8 Å². The average molecular weight is 274 g/mol. The monoisotopic (exact) mass is 274 g/mol. The van der Waals surface area contributed by atoms with Gasteiger partial charge in [-0.25, -0.2) is 0 Å². The molecule has 2 rings (SSSR count). The van der Waals surface area contributed by atoms with Crippen molar-refractivity contribution in [3.63, 3.8) is 0 Å². The number of nitrogens with zero attached hydrogens (tertiary/aromatic N) is 1. The van der Waals surface area contributed by atoms with Crippen molar-refractivity contribution in [2.24, 2.45) is 0 Å². The van der Waals surface area contributed by atoms with Crippen LogP contribution in [0.2, 0.25) is 0 Å². The summed E-state index contributed by atoms with van der Waals surface area (Å²) >= 11 is 0. The maximum atomic E-state index is 3.53. The van der Waals surface area contributed by atoms with E-state index in [9.17, 15) is 0 Å². The van der Waals surface area contributed by atoms with Gasteiger partial charge >= 0.3 is 0 Å². The van der Waals surface area contributed by atoms with Crippen LogP contribution in [0.5, 0.6) is 0 Å². The maximum Gasteiger partial charge on any atom is 0.0449 e. The van der Waals surface area contributed by atoms with Crippen LogP contribution < -0.4 is 5.32 Å². The van der Waals surface area contributed by atoms with Gasteiger partial charge < -0.3 is 5.32 Å². The third kappa shape index (κ3) is 3.42. The number of piperidine rings is 1. The number of aryl methyl sites for hydroxylation is 2. The van der Waals surface area contributed by atoms with Crippen molar-refractivity contribution in [1.82, 2.24) is 10.2 Å². The molecule has 1 aromatic rings. The van der Waals surface area contributed by atoms with Crippen LogP contribution in [-0.2, 0) is 0 Å². The highest BCUT2D eigenvalue weighted by molar-refractivity contribution is 5.33. The molecule has 0 bridgehead atoms. The van der Waals surface area contributed by atoms with Crippen LogP contribution in [-0.4, -0.2) is 30.6 Å². The fourth-order valence-corrected chi connectivity index (χ4v) is 3.53. The van der Waals surface area contributed by atoms with E-state index in [4.69, 9.17) is 0 Å². The van der Waals surface area contributed by atoms with Gasteiger partial charge in [-0.1, -0.05) is 30.2 Å². The molecule has 0 aromatic heterocycles. The molecule has 20 heavy (non-hydrogen) atoms. The lowest BCUT2D eigenvalue weighted by Crippen LogP contribution is -2.47. The standard InChI is InChI=1S/C18H30N2/c1-13-9-10-14(2)17(11-13)18(19-5)12-20-15(3)7-6-8-16(20)4/h9-11,15-16,18-19H,6-8,12H2,1-5H3/t15-,16+,18?. The summed E-state index contributed by atoms with van der Waals surface area (Å²) in [5, 5.41) is 3.53. The molecule has 1 aliphatic rings. The van der Waals surface area contributed by atoms with E-state index in [0.717, 1.165) is 6.54 Å². The van der Waals surface area contributed by atoms with Crippen molar-refractivity contribution in [3.8, 4) is 0 Å². The van der Waals surface area contributed by atoms with E-state index < -0.39 is 0 Å². The number of benzene rings is 1. The fraction of sp³-hybridized carbons (Fsp3) is 0.667. The summed E-state index contributed by atoms with van der Waals surface area (Å²) in [6.45, 7) is 10.3. The van der Waals surface area contributed by atoms with Crippen molar-refractivity contribution < 1.29 is 0 Å². The van der Waals surface area contributed by atoms with E-state index >= 15 is 0 Å². The van der Waals surface area contributed by atoms with Gasteiger partial charge in [0.15, 0.2) is 0 Å². The van der Waals surface area contributed by atoms with Crippen LogP contribution in [0.25, 0.3) is 0 Å². The minimum absolute atomic E-state index is 0.429. The largest absolute Gasteiger partial charge is 0.312 e. The normalized spacial score (nSPS) is 25.6. The van der Waals surface area contributed by atoms with Crippen molar-refractivity contribution in [2.75, 3.05) is 13.6 Å². The number of likely N-dealkylation sites (N-methyl/N-ethyl adjacent to an activating group) is 1. The Kier molecular flexibility index (Phi) is 5.22. The number of likely N-dealkylation sites (tertiary alicyclic amines) is 1. The molecule has 1 fully saturated rings. The predicted octanol–water partition coefficient (Wildman–Crippen LogP) is 3.83. The van der Waals surface area contributed by atoms with Gasteiger partial charge in [-0.2, -0.15) is 0 Å². The van der Waals surface area contributed by atoms with Gasteiger partial charge in [0.25, 0.3) is 0 Å². The molecule has 1 aliphatic heterocycles. The first-order valence-electron chi connectivity index (χ1n) is 8.03. The smallest absolute Gasteiger partial charge is 0.0449 e. The highest BCUT2D eigenvalue weighted by Gasteiger charge is 2.27. The molecule has 0 radical (unpaired) electrons. The molecule has 112 valence electrons. The molecule has 3 atom stereocenters. The number of hydrogen-bond donors (Lipinski definition) is 1. The topological polar surface area (TPSA) is 15.3 Å². The van der Waals surface area contributed by atoms with Crippen LogP contribution in [0.4, 0.5) is 0 Å². The lowest BCUT2D eigenvalue weighted by molar-refractivity contribution is 0.0919. The molecule has 1 aromatic carbocycles. The lowest BCUT2D eigenvalue weighted by Gasteiger charge is -2.41. The van der Waals surface area contributed by atoms with E-state index in [1.165, 1.54) is 36.0 Å². The highest BCUT2D eigenvalue weighted by Crippen LogP contribution is 2.27. The first-order chi connectivity index (χ1) is 9.52. The Bertz CT molecular complexity index is 431. The summed E-state index contributed by atoms with van der Waals surface area (Å²) in [7, 11) is 2.09. The Morgan fingerprint density at radius 1 is 1.20 bits per heavy atom. The third-order valence-electron chi connectivity index (χ3n) is 4.93. The summed E-state index contributed by atoms with van der Waals surface area (Å²) in [6, 6.07) is 8.64. The number of rotatable bonds is 4. The lowest BCUT2D eigenvalue weighted by atomic mass is 9.94. The summed E-state index contributed by atoms with van der Waals surface area (Å²) in [5.74, 6) is 0. The van der Waals surface area contributed by atoms with Crippen LogP contribution in [0.15, 0.2) is 18.2 Å². The predicted molar refractivity (Wildman–Crippen MR) is 87.2 cm³/mol. The Balaban J connectivity index is 2.17. The van der Waals surface area contributed by atoms with Crippen LogP contribution in [0, 0.1) is 13.8 Å². The molecule has 2 nitrogen and oxygen atoms in total. The summed E-state index contributed by atoms with van der Waals surface area (Å²) in [4.78, 5) is 2.69. The molecule has 0 aliphatic carbocycles. The van der Waals surface area contributed by atoms with Gasteiger partial charge in [0, 0.05) is 24.7 Å². The Labute approximate surface area is 124 Å². The molecule has 0 spiro atoms. The second kappa shape index (κ2) is 6.73. The molecule has 1 heterocycles. The maximum absolute atomic E-state index is 3.53. The van der Waals surface area contributed by atoms with E-state index in [0.29, 0.717) is 18.1 Å². The molecule has 0 amide bonds. The first kappa shape index (κ1) is 15.5. The minimum atomic E-state index is 0.429. The number of nitrogens with one attached hydrogen (secondary N) is 1. The molecule has 1 saturated heterocycles. The molecule has 0 saturated carbocycles. The zero-order valence-electron chi connectivity index (χ0n) is 13.7. The van der Waals surface area contributed by atoms with Crippen molar-refractivity contribution in [3.05, 3.63) is 34.9 Å². The fourth-order valence-electron chi connectivity index (χ4n) is 3.53. The van der Waals surface area contributed by atoms with E-state index in [1.54, 1.807) is 0 Å². The van der Waals surface area contributed by atoms with Gasteiger partial charge in [0.1, 0.15) is 0 Å². The molecular formula is C18H30N2. The van der Waals surface area contributed by atoms with Gasteiger partial charge in [-0.3, -0.25) is 4.90 Å². The van der Waals surface area contributed by atoms with Crippen LogP contribution in [0.3, 0.4) is 0 Å². The van der Waals surface area contributed by atoms with E-state index in [2.05, 4.69) is 63.2 Å². The van der Waals surface area contributed by atoms with Crippen molar-refractivity contribution in [1.29, 1.82) is 0 Å². The van der Waals surface area contributed by atoms with Crippen LogP contribution >= 0.6 is 0 Å². The molecule has 2 heteroatoms. The Morgan fingerprint density at radius 2 is 1.85 bits per heavy atom. The Hall–Kier alpha value is -0.860. The number of hydrogen-bond acceptors (Lipinski definition) is 2. The van der Waals surface area contributed by atoms with Gasteiger partial charge in [0.05, 0.1) is 0 Å². The SMILES string of the molecule is CNC(CN1[C@H](C)CCC[C@@H]1C)c1cc(C)ccc1C. The van der Waals surface area contributed by atoms with Crippen molar-refractivity contribution in [2.45, 2.75) is 65.1 Å². The summed E-state index contributed by atoms with van der Waals surface area (Å²) < 4.78 is 0. The summed E-state index contributed by atoms with van der Waals surface area (Å²) in [6.07, 6.45) is 4.06. The second-order valence-corrected chi connectivity index (χ2v) is 6.53. The van der Waals surface area contributed by atoms with Gasteiger partial charge in [-0.15, -0.1) is 0 Å². The highest BCUT2D eigenvalue weighted by atomic mass is 15.2. The third-order valence-corrected chi connectivity index (χ3v) is 4.93. The zero-order chi connectivity index (χ0) is 14.7. The van der Waals surface area contributed by atoms with Gasteiger partial charge in [0.2, 0.25) is 0 Å². The van der Waals surface area contributed by atoms with E-state index in [1.807, 2.05) is 0 Å². The zero-order valence-corrected chi connectivity index (χ0v) is 13.7. The molecule has 1 unspecified atom stereocenters. The quantitative estimate of drug-likeness (QED) is 0.897. The van der Waals surface area contributed by atoms with Gasteiger partial charge in [-0.05, 0) is 58.7 Å². The summed E-state index contributed by atoms with van der Waals surface area (Å²) in [5.41, 5.74) is 4.20.